The fourth-order valence-corrected chi connectivity index (χ4v) is 3.83. The second kappa shape index (κ2) is 5.62. The first-order valence-corrected chi connectivity index (χ1v) is 8.60. The summed E-state index contributed by atoms with van der Waals surface area (Å²) in [5, 5.41) is 1.95. The monoisotopic (exact) mass is 322 g/mol. The molecule has 1 saturated heterocycles. The molecule has 4 nitrogen and oxygen atoms in total. The number of likely N-dealkylation sites (tertiary alicyclic amines) is 1. The number of hydrogen-bond donors (Lipinski definition) is 0. The second-order valence-electron chi connectivity index (χ2n) is 7.35. The SMILES string of the molecule is Cc1ccc2cc3cc(C(=O)N4CC(C)CC(C)C4)oc3nc2c1. The van der Waals surface area contributed by atoms with Crippen molar-refractivity contribution >= 4 is 27.9 Å². The molecule has 0 aliphatic carbocycles. The van der Waals surface area contributed by atoms with Crippen molar-refractivity contribution in [3.8, 4) is 0 Å². The Morgan fingerprint density at radius 1 is 1.12 bits per heavy atom. The molecule has 2 atom stereocenters. The number of hydrogen-bond acceptors (Lipinski definition) is 3. The van der Waals surface area contributed by atoms with Crippen LogP contribution in [0, 0.1) is 18.8 Å². The summed E-state index contributed by atoms with van der Waals surface area (Å²) < 4.78 is 5.80. The molecule has 124 valence electrons. The summed E-state index contributed by atoms with van der Waals surface area (Å²) in [7, 11) is 0. The quantitative estimate of drug-likeness (QED) is 0.667. The van der Waals surface area contributed by atoms with E-state index in [1.54, 1.807) is 0 Å². The molecule has 1 amide bonds. The summed E-state index contributed by atoms with van der Waals surface area (Å²) in [4.78, 5) is 19.3. The molecule has 24 heavy (non-hydrogen) atoms. The highest BCUT2D eigenvalue weighted by molar-refractivity contribution is 5.98. The molecule has 0 radical (unpaired) electrons. The number of carbonyl (C=O) groups is 1. The van der Waals surface area contributed by atoms with Crippen LogP contribution in [0.2, 0.25) is 0 Å². The first kappa shape index (κ1) is 15.2. The van der Waals surface area contributed by atoms with Gasteiger partial charge in [0.25, 0.3) is 5.91 Å². The van der Waals surface area contributed by atoms with Crippen LogP contribution in [0.15, 0.2) is 34.7 Å². The van der Waals surface area contributed by atoms with Crippen molar-refractivity contribution in [2.75, 3.05) is 13.1 Å². The third-order valence-corrected chi connectivity index (χ3v) is 4.83. The van der Waals surface area contributed by atoms with Crippen molar-refractivity contribution in [2.24, 2.45) is 11.8 Å². The maximum atomic E-state index is 12.8. The van der Waals surface area contributed by atoms with E-state index in [4.69, 9.17) is 4.42 Å². The van der Waals surface area contributed by atoms with Crippen molar-refractivity contribution in [3.05, 3.63) is 41.7 Å². The molecular formula is C20H22N2O2. The maximum Gasteiger partial charge on any atom is 0.289 e. The number of piperidine rings is 1. The first-order chi connectivity index (χ1) is 11.5. The fourth-order valence-electron chi connectivity index (χ4n) is 3.83. The van der Waals surface area contributed by atoms with Crippen LogP contribution in [-0.4, -0.2) is 28.9 Å². The number of pyridine rings is 1. The van der Waals surface area contributed by atoms with Crippen LogP contribution in [0.5, 0.6) is 0 Å². The molecule has 3 aromatic rings. The molecule has 4 heteroatoms. The molecule has 0 spiro atoms. The van der Waals surface area contributed by atoms with Gasteiger partial charge in [-0.25, -0.2) is 4.98 Å². The summed E-state index contributed by atoms with van der Waals surface area (Å²) in [5.41, 5.74) is 2.60. The number of carbonyl (C=O) groups excluding carboxylic acids is 1. The van der Waals surface area contributed by atoms with Gasteiger partial charge in [0.05, 0.1) is 5.52 Å². The number of rotatable bonds is 1. The van der Waals surface area contributed by atoms with Gasteiger partial charge in [0.1, 0.15) is 0 Å². The molecule has 1 aliphatic rings. The van der Waals surface area contributed by atoms with Crippen molar-refractivity contribution in [3.63, 3.8) is 0 Å². The molecule has 1 fully saturated rings. The van der Waals surface area contributed by atoms with Crippen LogP contribution >= 0.6 is 0 Å². The average Bonchev–Trinajstić information content (AvgIpc) is 2.93. The molecule has 1 aromatic carbocycles. The van der Waals surface area contributed by atoms with Crippen LogP contribution in [-0.2, 0) is 0 Å². The van der Waals surface area contributed by atoms with Gasteiger partial charge < -0.3 is 9.32 Å². The van der Waals surface area contributed by atoms with Gasteiger partial charge >= 0.3 is 0 Å². The van der Waals surface area contributed by atoms with Gasteiger partial charge in [-0.05, 0) is 48.9 Å². The predicted octanol–water partition coefficient (Wildman–Crippen LogP) is 4.41. The number of aryl methyl sites for hydroxylation is 1. The van der Waals surface area contributed by atoms with Crippen LogP contribution in [0.3, 0.4) is 0 Å². The van der Waals surface area contributed by atoms with E-state index in [9.17, 15) is 4.79 Å². The molecule has 4 rings (SSSR count). The van der Waals surface area contributed by atoms with E-state index in [-0.39, 0.29) is 5.91 Å². The van der Waals surface area contributed by atoms with Crippen molar-refractivity contribution in [1.82, 2.24) is 9.88 Å². The van der Waals surface area contributed by atoms with Crippen molar-refractivity contribution in [1.29, 1.82) is 0 Å². The van der Waals surface area contributed by atoms with Gasteiger partial charge in [0, 0.05) is 23.9 Å². The van der Waals surface area contributed by atoms with E-state index in [1.807, 2.05) is 30.0 Å². The van der Waals surface area contributed by atoms with Gasteiger partial charge in [-0.1, -0.05) is 26.0 Å². The molecular weight excluding hydrogens is 300 g/mol. The first-order valence-electron chi connectivity index (χ1n) is 8.60. The zero-order chi connectivity index (χ0) is 16.8. The van der Waals surface area contributed by atoms with E-state index in [0.29, 0.717) is 23.3 Å². The Kier molecular flexibility index (Phi) is 3.56. The molecule has 2 unspecified atom stereocenters. The zero-order valence-corrected chi connectivity index (χ0v) is 14.4. The van der Waals surface area contributed by atoms with Crippen LogP contribution in [0.25, 0.3) is 22.0 Å². The van der Waals surface area contributed by atoms with Gasteiger partial charge in [-0.2, -0.15) is 0 Å². The molecule has 2 aromatic heterocycles. The molecule has 0 bridgehead atoms. The normalized spacial score (nSPS) is 21.5. The lowest BCUT2D eigenvalue weighted by atomic mass is 9.92. The van der Waals surface area contributed by atoms with Crippen LogP contribution in [0.1, 0.15) is 36.4 Å². The average molecular weight is 322 g/mol. The highest BCUT2D eigenvalue weighted by Crippen LogP contribution is 2.27. The highest BCUT2D eigenvalue weighted by Gasteiger charge is 2.28. The van der Waals surface area contributed by atoms with E-state index in [1.165, 1.54) is 6.42 Å². The lowest BCUT2D eigenvalue weighted by molar-refractivity contribution is 0.0593. The van der Waals surface area contributed by atoms with Crippen LogP contribution < -0.4 is 0 Å². The summed E-state index contributed by atoms with van der Waals surface area (Å²) in [6, 6.07) is 10.0. The smallest absolute Gasteiger partial charge is 0.289 e. The maximum absolute atomic E-state index is 12.8. The molecule has 1 aliphatic heterocycles. The number of aromatic nitrogens is 1. The minimum Gasteiger partial charge on any atom is -0.433 e. The van der Waals surface area contributed by atoms with E-state index in [2.05, 4.69) is 31.0 Å². The summed E-state index contributed by atoms with van der Waals surface area (Å²) in [6.45, 7) is 8.04. The lowest BCUT2D eigenvalue weighted by Crippen LogP contribution is -2.42. The van der Waals surface area contributed by atoms with Crippen molar-refractivity contribution in [2.45, 2.75) is 27.2 Å². The second-order valence-corrected chi connectivity index (χ2v) is 7.35. The Bertz CT molecular complexity index is 918. The zero-order valence-electron chi connectivity index (χ0n) is 14.4. The standard InChI is InChI=1S/C20H22N2O2/c1-12-4-5-15-8-16-9-18(24-19(16)21-17(15)7-12)20(23)22-10-13(2)6-14(3)11-22/h4-5,7-9,13-14H,6,10-11H2,1-3H3. The Balaban J connectivity index is 1.71. The number of nitrogens with zero attached hydrogens (tertiary/aromatic N) is 2. The number of furan rings is 1. The topological polar surface area (TPSA) is 46.3 Å². The Morgan fingerprint density at radius 3 is 2.62 bits per heavy atom. The largest absolute Gasteiger partial charge is 0.433 e. The van der Waals surface area contributed by atoms with Gasteiger partial charge in [0.15, 0.2) is 5.76 Å². The van der Waals surface area contributed by atoms with E-state index in [0.717, 1.165) is 34.9 Å². The fraction of sp³-hybridized carbons (Fsp3) is 0.400. The van der Waals surface area contributed by atoms with Gasteiger partial charge in [0.2, 0.25) is 5.71 Å². The van der Waals surface area contributed by atoms with E-state index >= 15 is 0 Å². The summed E-state index contributed by atoms with van der Waals surface area (Å²) >= 11 is 0. The Morgan fingerprint density at radius 2 is 1.88 bits per heavy atom. The number of benzene rings is 1. The molecule has 0 saturated carbocycles. The van der Waals surface area contributed by atoms with Gasteiger partial charge in [-0.3, -0.25) is 4.79 Å². The summed E-state index contributed by atoms with van der Waals surface area (Å²) in [5.74, 6) is 1.44. The Labute approximate surface area is 141 Å². The number of fused-ring (bicyclic) bond motifs is 2. The lowest BCUT2D eigenvalue weighted by Gasteiger charge is -2.34. The van der Waals surface area contributed by atoms with E-state index < -0.39 is 0 Å². The minimum absolute atomic E-state index is 0.0216. The minimum atomic E-state index is -0.0216. The number of amides is 1. The predicted molar refractivity (Wildman–Crippen MR) is 95.1 cm³/mol. The highest BCUT2D eigenvalue weighted by atomic mass is 16.4. The Hall–Kier alpha value is -2.36. The van der Waals surface area contributed by atoms with Crippen LogP contribution in [0.4, 0.5) is 0 Å². The van der Waals surface area contributed by atoms with Gasteiger partial charge in [-0.15, -0.1) is 0 Å². The molecule has 3 heterocycles. The summed E-state index contributed by atoms with van der Waals surface area (Å²) in [6.07, 6.45) is 1.18. The molecule has 0 N–H and O–H groups in total. The van der Waals surface area contributed by atoms with Crippen molar-refractivity contribution < 1.29 is 9.21 Å². The third kappa shape index (κ3) is 2.66. The third-order valence-electron chi connectivity index (χ3n) is 4.83.